The summed E-state index contributed by atoms with van der Waals surface area (Å²) < 4.78 is 52.6. The van der Waals surface area contributed by atoms with Crippen LogP contribution in [0.25, 0.3) is 10.8 Å². The first kappa shape index (κ1) is 25.5. The van der Waals surface area contributed by atoms with Gasteiger partial charge in [-0.05, 0) is 60.1 Å². The minimum absolute atomic E-state index is 0.125. The summed E-state index contributed by atoms with van der Waals surface area (Å²) in [7, 11) is 1.48. The monoisotopic (exact) mass is 475 g/mol. The molecule has 0 amide bonds. The van der Waals surface area contributed by atoms with Crippen LogP contribution in [0.4, 0.5) is 18.9 Å². The minimum atomic E-state index is -4.97. The molecule has 2 unspecified atom stereocenters. The zero-order valence-electron chi connectivity index (χ0n) is 19.5. The van der Waals surface area contributed by atoms with Gasteiger partial charge in [0.25, 0.3) is 0 Å². The molecular formula is C26H28F3NO4. The Balaban J connectivity index is 2.02. The Kier molecular flexibility index (Phi) is 7.51. The van der Waals surface area contributed by atoms with E-state index in [1.165, 1.54) is 31.4 Å². The molecule has 182 valence electrons. The minimum Gasteiger partial charge on any atom is -0.496 e. The molecule has 2 atom stereocenters. The Labute approximate surface area is 195 Å². The fourth-order valence-electron chi connectivity index (χ4n) is 3.94. The van der Waals surface area contributed by atoms with Crippen LogP contribution in [0.15, 0.2) is 62.9 Å². The zero-order chi connectivity index (χ0) is 25.1. The Morgan fingerprint density at radius 1 is 1.15 bits per heavy atom. The maximum atomic E-state index is 14.1. The average molecular weight is 476 g/mol. The molecule has 0 saturated heterocycles. The molecular weight excluding hydrogens is 447 g/mol. The molecule has 3 rings (SSSR count). The molecule has 0 fully saturated rings. The predicted molar refractivity (Wildman–Crippen MR) is 126 cm³/mol. The quantitative estimate of drug-likeness (QED) is 0.377. The van der Waals surface area contributed by atoms with E-state index in [-0.39, 0.29) is 17.0 Å². The fourth-order valence-corrected chi connectivity index (χ4v) is 3.94. The Hall–Kier alpha value is -3.13. The number of methoxy groups -OCH3 is 1. The second-order valence-electron chi connectivity index (χ2n) is 8.59. The van der Waals surface area contributed by atoms with Crippen molar-refractivity contribution in [3.8, 4) is 5.75 Å². The lowest BCUT2D eigenvalue weighted by Gasteiger charge is -2.31. The smallest absolute Gasteiger partial charge is 0.422 e. The molecule has 0 radical (unpaired) electrons. The first-order valence-corrected chi connectivity index (χ1v) is 11.0. The van der Waals surface area contributed by atoms with Crippen molar-refractivity contribution in [2.75, 3.05) is 7.11 Å². The van der Waals surface area contributed by atoms with Crippen molar-refractivity contribution >= 4 is 22.7 Å². The molecule has 0 aliphatic rings. The first-order chi connectivity index (χ1) is 16.0. The molecule has 2 aromatic carbocycles. The molecule has 0 aliphatic heterocycles. The summed E-state index contributed by atoms with van der Waals surface area (Å²) in [5.41, 5.74) is -2.10. The molecule has 8 heteroatoms. The molecule has 1 heterocycles. The lowest BCUT2D eigenvalue weighted by molar-refractivity contribution is -0.232. The number of benzene rings is 2. The van der Waals surface area contributed by atoms with E-state index in [1.807, 2.05) is 26.0 Å². The number of hydrogen-bond acceptors (Lipinski definition) is 5. The Morgan fingerprint density at radius 2 is 1.88 bits per heavy atom. The van der Waals surface area contributed by atoms with Gasteiger partial charge in [-0.1, -0.05) is 39.0 Å². The summed E-state index contributed by atoms with van der Waals surface area (Å²) in [6.07, 6.45) is -3.59. The Bertz CT molecular complexity index is 1230. The van der Waals surface area contributed by atoms with E-state index in [9.17, 15) is 23.1 Å². The largest absolute Gasteiger partial charge is 0.496 e. The summed E-state index contributed by atoms with van der Waals surface area (Å²) in [5.74, 6) is 0.0690. The summed E-state index contributed by atoms with van der Waals surface area (Å²) >= 11 is 0. The lowest BCUT2D eigenvalue weighted by atomic mass is 9.83. The summed E-state index contributed by atoms with van der Waals surface area (Å²) in [4.78, 5) is 15.9. The van der Waals surface area contributed by atoms with Gasteiger partial charge in [0.2, 0.25) is 0 Å². The number of aliphatic imine (C=N–C) groups is 1. The normalized spacial score (nSPS) is 15.1. The number of alkyl halides is 3. The van der Waals surface area contributed by atoms with Gasteiger partial charge in [-0.25, -0.2) is 4.79 Å². The van der Waals surface area contributed by atoms with Crippen LogP contribution in [0.1, 0.15) is 56.6 Å². The Morgan fingerprint density at radius 3 is 2.50 bits per heavy atom. The average Bonchev–Trinajstić information content (AvgIpc) is 2.80. The van der Waals surface area contributed by atoms with E-state index < -0.39 is 29.7 Å². The van der Waals surface area contributed by atoms with Crippen LogP contribution in [0, 0.1) is 0 Å². The van der Waals surface area contributed by atoms with Gasteiger partial charge < -0.3 is 14.3 Å². The topological polar surface area (TPSA) is 72.0 Å². The van der Waals surface area contributed by atoms with Crippen LogP contribution in [0.5, 0.6) is 5.75 Å². The molecule has 3 aromatic rings. The van der Waals surface area contributed by atoms with E-state index in [0.717, 1.165) is 11.8 Å². The van der Waals surface area contributed by atoms with Gasteiger partial charge in [0.1, 0.15) is 5.75 Å². The SMILES string of the molecule is CCC(CC(O)(C=Nc1cccc2c(=O)occc12)C(F)(F)F)c1ccc(C(C)C)cc1OC. The third kappa shape index (κ3) is 5.17. The second kappa shape index (κ2) is 10.0. The standard InChI is InChI=1S/C26H28F3NO4/c1-5-17(19-10-9-18(16(2)3)13-23(19)33-4)14-25(32,26(27,28)29)15-30-22-8-6-7-21-20(22)11-12-34-24(21)31/h6-13,15-17,32H,5,14H2,1-4H3. The van der Waals surface area contributed by atoms with Crippen molar-refractivity contribution < 1.29 is 27.4 Å². The molecule has 1 N–H and O–H groups in total. The van der Waals surface area contributed by atoms with E-state index in [4.69, 9.17) is 9.15 Å². The van der Waals surface area contributed by atoms with E-state index in [0.29, 0.717) is 29.3 Å². The van der Waals surface area contributed by atoms with Crippen LogP contribution in [0.2, 0.25) is 0 Å². The third-order valence-corrected chi connectivity index (χ3v) is 6.04. The second-order valence-corrected chi connectivity index (χ2v) is 8.59. The number of nitrogens with zero attached hydrogens (tertiary/aromatic N) is 1. The molecule has 34 heavy (non-hydrogen) atoms. The van der Waals surface area contributed by atoms with Crippen LogP contribution in [-0.2, 0) is 0 Å². The van der Waals surface area contributed by atoms with Crippen molar-refractivity contribution in [2.24, 2.45) is 4.99 Å². The summed E-state index contributed by atoms with van der Waals surface area (Å²) in [6, 6.07) is 11.4. The molecule has 0 bridgehead atoms. The molecule has 0 saturated carbocycles. The van der Waals surface area contributed by atoms with E-state index >= 15 is 0 Å². The van der Waals surface area contributed by atoms with Crippen molar-refractivity contribution in [3.63, 3.8) is 0 Å². The van der Waals surface area contributed by atoms with E-state index in [2.05, 4.69) is 4.99 Å². The number of halogens is 3. The highest BCUT2D eigenvalue weighted by Crippen LogP contribution is 2.42. The van der Waals surface area contributed by atoms with Crippen molar-refractivity contribution in [2.45, 2.75) is 57.2 Å². The van der Waals surface area contributed by atoms with Crippen molar-refractivity contribution in [1.29, 1.82) is 0 Å². The number of rotatable bonds is 8. The molecule has 0 aliphatic carbocycles. The number of hydrogen-bond donors (Lipinski definition) is 1. The van der Waals surface area contributed by atoms with Crippen LogP contribution in [-0.4, -0.2) is 30.2 Å². The number of ether oxygens (including phenoxy) is 1. The summed E-state index contributed by atoms with van der Waals surface area (Å²) in [6.45, 7) is 5.79. The van der Waals surface area contributed by atoms with E-state index in [1.54, 1.807) is 13.0 Å². The highest BCUT2D eigenvalue weighted by Gasteiger charge is 2.53. The third-order valence-electron chi connectivity index (χ3n) is 6.04. The van der Waals surface area contributed by atoms with Crippen LogP contribution in [0.3, 0.4) is 0 Å². The molecule has 5 nitrogen and oxygen atoms in total. The van der Waals surface area contributed by atoms with Crippen LogP contribution >= 0.6 is 0 Å². The van der Waals surface area contributed by atoms with Gasteiger partial charge in [0.15, 0.2) is 5.60 Å². The predicted octanol–water partition coefficient (Wildman–Crippen LogP) is 6.50. The maximum Gasteiger partial charge on any atom is 0.422 e. The van der Waals surface area contributed by atoms with Gasteiger partial charge in [-0.15, -0.1) is 0 Å². The fraction of sp³-hybridized carbons (Fsp3) is 0.385. The highest BCUT2D eigenvalue weighted by atomic mass is 19.4. The zero-order valence-corrected chi connectivity index (χ0v) is 19.5. The van der Waals surface area contributed by atoms with Gasteiger partial charge in [0, 0.05) is 11.6 Å². The first-order valence-electron chi connectivity index (χ1n) is 11.0. The van der Waals surface area contributed by atoms with Crippen molar-refractivity contribution in [1.82, 2.24) is 0 Å². The number of fused-ring (bicyclic) bond motifs is 1. The van der Waals surface area contributed by atoms with Gasteiger partial charge in [-0.2, -0.15) is 13.2 Å². The molecule has 1 aromatic heterocycles. The highest BCUT2D eigenvalue weighted by molar-refractivity contribution is 5.93. The maximum absolute atomic E-state index is 14.1. The van der Waals surface area contributed by atoms with Gasteiger partial charge in [0.05, 0.1) is 24.4 Å². The van der Waals surface area contributed by atoms with Gasteiger partial charge >= 0.3 is 11.8 Å². The summed E-state index contributed by atoms with van der Waals surface area (Å²) in [5, 5.41) is 11.3. The lowest BCUT2D eigenvalue weighted by Crippen LogP contribution is -2.47. The number of aliphatic hydroxyl groups is 1. The van der Waals surface area contributed by atoms with Crippen LogP contribution < -0.4 is 10.4 Å². The van der Waals surface area contributed by atoms with Gasteiger partial charge in [-0.3, -0.25) is 4.99 Å². The van der Waals surface area contributed by atoms with Crippen molar-refractivity contribution in [3.05, 3.63) is 70.3 Å². The molecule has 0 spiro atoms.